The summed E-state index contributed by atoms with van der Waals surface area (Å²) in [7, 11) is 2.25. The first-order valence-corrected chi connectivity index (χ1v) is 6.70. The van der Waals surface area contributed by atoms with E-state index < -0.39 is 0 Å². The van der Waals surface area contributed by atoms with Gasteiger partial charge in [-0.25, -0.2) is 0 Å². The Morgan fingerprint density at radius 3 is 2.12 bits per heavy atom. The highest BCUT2D eigenvalue weighted by atomic mass is 15.2. The predicted octanol–water partition coefficient (Wildman–Crippen LogP) is 2.87. The molecule has 0 amide bonds. The lowest BCUT2D eigenvalue weighted by Crippen LogP contribution is -2.58. The Hall–Kier alpha value is -0.0800. The van der Waals surface area contributed by atoms with Crippen LogP contribution in [-0.2, 0) is 0 Å². The van der Waals surface area contributed by atoms with Crippen LogP contribution >= 0.6 is 0 Å². The summed E-state index contributed by atoms with van der Waals surface area (Å²) < 4.78 is 0. The molecule has 0 saturated heterocycles. The molecule has 2 atom stereocenters. The van der Waals surface area contributed by atoms with Gasteiger partial charge in [-0.1, -0.05) is 20.8 Å². The summed E-state index contributed by atoms with van der Waals surface area (Å²) in [6, 6.07) is 0.617. The molecule has 0 aromatic rings. The summed E-state index contributed by atoms with van der Waals surface area (Å²) in [5.41, 5.74) is 6.68. The number of hydrogen-bond acceptors (Lipinski definition) is 2. The van der Waals surface area contributed by atoms with Crippen LogP contribution in [-0.4, -0.2) is 30.1 Å². The second-order valence-corrected chi connectivity index (χ2v) is 6.63. The van der Waals surface area contributed by atoms with E-state index >= 15 is 0 Å². The molecule has 96 valence electrons. The van der Waals surface area contributed by atoms with Crippen LogP contribution < -0.4 is 5.73 Å². The van der Waals surface area contributed by atoms with Crippen LogP contribution in [0.15, 0.2) is 0 Å². The number of nitrogens with two attached hydrogens (primary N) is 1. The Labute approximate surface area is 102 Å². The van der Waals surface area contributed by atoms with E-state index in [1.54, 1.807) is 0 Å². The van der Waals surface area contributed by atoms with Gasteiger partial charge in [0.2, 0.25) is 0 Å². The van der Waals surface area contributed by atoms with Gasteiger partial charge in [-0.2, -0.15) is 0 Å². The first-order chi connectivity index (χ1) is 7.27. The second kappa shape index (κ2) is 4.66. The van der Waals surface area contributed by atoms with E-state index in [4.69, 9.17) is 5.73 Å². The molecule has 1 fully saturated rings. The molecule has 2 unspecified atom stereocenters. The van der Waals surface area contributed by atoms with Crippen LogP contribution in [0.3, 0.4) is 0 Å². The van der Waals surface area contributed by atoms with Crippen molar-refractivity contribution in [2.24, 2.45) is 17.1 Å². The van der Waals surface area contributed by atoms with Crippen molar-refractivity contribution in [3.8, 4) is 0 Å². The van der Waals surface area contributed by atoms with E-state index in [1.807, 2.05) is 0 Å². The third kappa shape index (κ3) is 2.43. The fourth-order valence-electron chi connectivity index (χ4n) is 2.87. The molecular formula is C14H30N2. The fourth-order valence-corrected chi connectivity index (χ4v) is 2.87. The van der Waals surface area contributed by atoms with E-state index in [0.717, 1.165) is 12.5 Å². The van der Waals surface area contributed by atoms with Crippen molar-refractivity contribution in [2.45, 2.75) is 65.5 Å². The average molecular weight is 226 g/mol. The lowest BCUT2D eigenvalue weighted by Gasteiger charge is -2.47. The summed E-state index contributed by atoms with van der Waals surface area (Å²) in [6.45, 7) is 12.4. The number of rotatable bonds is 6. The summed E-state index contributed by atoms with van der Waals surface area (Å²) in [5.74, 6) is 0.756. The van der Waals surface area contributed by atoms with Crippen LogP contribution in [0.4, 0.5) is 0 Å². The quantitative estimate of drug-likeness (QED) is 0.754. The van der Waals surface area contributed by atoms with Gasteiger partial charge in [0.05, 0.1) is 0 Å². The molecule has 0 aromatic carbocycles. The Balaban J connectivity index is 2.72. The first kappa shape index (κ1) is 14.0. The van der Waals surface area contributed by atoms with Crippen molar-refractivity contribution in [1.29, 1.82) is 0 Å². The van der Waals surface area contributed by atoms with Gasteiger partial charge in [0.1, 0.15) is 0 Å². The molecule has 2 N–H and O–H groups in total. The lowest BCUT2D eigenvalue weighted by molar-refractivity contribution is 0.0331. The van der Waals surface area contributed by atoms with Crippen LogP contribution in [0.2, 0.25) is 0 Å². The van der Waals surface area contributed by atoms with E-state index in [9.17, 15) is 0 Å². The zero-order chi connectivity index (χ0) is 12.6. The van der Waals surface area contributed by atoms with Gasteiger partial charge >= 0.3 is 0 Å². The average Bonchev–Trinajstić information content (AvgIpc) is 2.94. The van der Waals surface area contributed by atoms with E-state index in [1.165, 1.54) is 19.3 Å². The highest BCUT2D eigenvalue weighted by molar-refractivity contribution is 5.09. The maximum Gasteiger partial charge on any atom is 0.0356 e. The molecule has 16 heavy (non-hydrogen) atoms. The molecule has 0 aromatic heterocycles. The highest BCUT2D eigenvalue weighted by Gasteiger charge is 2.54. The molecule has 1 rings (SSSR count). The molecule has 2 heteroatoms. The minimum Gasteiger partial charge on any atom is -0.329 e. The molecule has 0 radical (unpaired) electrons. The van der Waals surface area contributed by atoms with Gasteiger partial charge < -0.3 is 5.73 Å². The van der Waals surface area contributed by atoms with Gasteiger partial charge in [-0.3, -0.25) is 4.90 Å². The Morgan fingerprint density at radius 1 is 1.31 bits per heavy atom. The third-order valence-corrected chi connectivity index (χ3v) is 4.95. The molecular weight excluding hydrogens is 196 g/mol. The Kier molecular flexibility index (Phi) is 4.07. The maximum atomic E-state index is 6.06. The molecule has 0 aliphatic heterocycles. The van der Waals surface area contributed by atoms with E-state index in [2.05, 4.69) is 46.6 Å². The van der Waals surface area contributed by atoms with Crippen molar-refractivity contribution < 1.29 is 0 Å². The smallest absolute Gasteiger partial charge is 0.0356 e. The van der Waals surface area contributed by atoms with Gasteiger partial charge in [0.15, 0.2) is 0 Å². The summed E-state index contributed by atoms with van der Waals surface area (Å²) in [4.78, 5) is 2.53. The van der Waals surface area contributed by atoms with Gasteiger partial charge in [0, 0.05) is 18.1 Å². The molecule has 0 bridgehead atoms. The third-order valence-electron chi connectivity index (χ3n) is 4.95. The normalized spacial score (nSPS) is 24.6. The summed E-state index contributed by atoms with van der Waals surface area (Å²) >= 11 is 0. The predicted molar refractivity (Wildman–Crippen MR) is 71.5 cm³/mol. The number of nitrogens with zero attached hydrogens (tertiary/aromatic N) is 1. The zero-order valence-corrected chi connectivity index (χ0v) is 12.0. The SMILES string of the molecule is CC(C)CC(C)N(C)C(C)(CN)C1(C)CC1. The largest absolute Gasteiger partial charge is 0.329 e. The molecule has 1 aliphatic rings. The van der Waals surface area contributed by atoms with Crippen LogP contribution in [0.5, 0.6) is 0 Å². The minimum absolute atomic E-state index is 0.168. The minimum atomic E-state index is 0.168. The van der Waals surface area contributed by atoms with Gasteiger partial charge in [-0.05, 0) is 51.5 Å². The number of hydrogen-bond donors (Lipinski definition) is 1. The monoisotopic (exact) mass is 226 g/mol. The number of likely N-dealkylation sites (N-methyl/N-ethyl adjacent to an activating group) is 1. The van der Waals surface area contributed by atoms with E-state index in [-0.39, 0.29) is 5.54 Å². The molecule has 0 spiro atoms. The van der Waals surface area contributed by atoms with Crippen molar-refractivity contribution >= 4 is 0 Å². The van der Waals surface area contributed by atoms with Crippen molar-refractivity contribution in [3.63, 3.8) is 0 Å². The topological polar surface area (TPSA) is 29.3 Å². The molecule has 2 nitrogen and oxygen atoms in total. The van der Waals surface area contributed by atoms with E-state index in [0.29, 0.717) is 11.5 Å². The maximum absolute atomic E-state index is 6.06. The van der Waals surface area contributed by atoms with Crippen molar-refractivity contribution in [2.75, 3.05) is 13.6 Å². The Morgan fingerprint density at radius 2 is 1.81 bits per heavy atom. The lowest BCUT2D eigenvalue weighted by atomic mass is 9.81. The second-order valence-electron chi connectivity index (χ2n) is 6.63. The van der Waals surface area contributed by atoms with Crippen LogP contribution in [0.1, 0.15) is 53.9 Å². The van der Waals surface area contributed by atoms with Crippen molar-refractivity contribution in [1.82, 2.24) is 4.90 Å². The first-order valence-electron chi connectivity index (χ1n) is 6.70. The summed E-state index contributed by atoms with van der Waals surface area (Å²) in [5, 5.41) is 0. The zero-order valence-electron chi connectivity index (χ0n) is 12.0. The van der Waals surface area contributed by atoms with Crippen LogP contribution in [0, 0.1) is 11.3 Å². The van der Waals surface area contributed by atoms with Crippen LogP contribution in [0.25, 0.3) is 0 Å². The van der Waals surface area contributed by atoms with Gasteiger partial charge in [-0.15, -0.1) is 0 Å². The summed E-state index contributed by atoms with van der Waals surface area (Å²) in [6.07, 6.45) is 3.92. The standard InChI is InChI=1S/C14H30N2/c1-11(2)9-12(3)16(6)14(5,10-15)13(4)7-8-13/h11-12H,7-10,15H2,1-6H3. The highest BCUT2D eigenvalue weighted by Crippen LogP contribution is 2.55. The molecule has 1 aliphatic carbocycles. The van der Waals surface area contributed by atoms with Gasteiger partial charge in [0.25, 0.3) is 0 Å². The fraction of sp³-hybridized carbons (Fsp3) is 1.00. The molecule has 0 heterocycles. The Bertz CT molecular complexity index is 233. The van der Waals surface area contributed by atoms with Crippen molar-refractivity contribution in [3.05, 3.63) is 0 Å². The molecule has 1 saturated carbocycles.